The molecule has 1 aliphatic carbocycles. The quantitative estimate of drug-likeness (QED) is 0.578. The number of alkyl halides is 6. The lowest BCUT2D eigenvalue weighted by atomic mass is 9.79. The van der Waals surface area contributed by atoms with Gasteiger partial charge in [-0.15, -0.1) is 0 Å². The molecule has 1 unspecified atom stereocenters. The van der Waals surface area contributed by atoms with Gasteiger partial charge in [0.1, 0.15) is 0 Å². The van der Waals surface area contributed by atoms with Crippen molar-refractivity contribution in [2.75, 3.05) is 6.54 Å². The van der Waals surface area contributed by atoms with Crippen molar-refractivity contribution >= 4 is 5.97 Å². The molecule has 0 bridgehead atoms. The fourth-order valence-electron chi connectivity index (χ4n) is 4.41. The number of carboxylic acids is 1. The highest BCUT2D eigenvalue weighted by atomic mass is 19.4. The van der Waals surface area contributed by atoms with Gasteiger partial charge in [-0.05, 0) is 49.3 Å². The highest BCUT2D eigenvalue weighted by molar-refractivity contribution is 5.67. The van der Waals surface area contributed by atoms with Crippen LogP contribution in [0.3, 0.4) is 0 Å². The minimum absolute atomic E-state index is 0.0338. The van der Waals surface area contributed by atoms with Crippen LogP contribution in [0, 0.1) is 11.8 Å². The van der Waals surface area contributed by atoms with Crippen molar-refractivity contribution < 1.29 is 36.2 Å². The molecule has 0 amide bonds. The standard InChI is InChI=1S/C22H23F6NO2/c23-21(24,25)17-6-4-16(5-7-17)19-11-14(12-20(30)31)8-9-29(19)13-15-2-1-3-18(10-15)22(26,27)28/h1-4,6-7,10,14,16,19H,5,8-9,11-13H2,(H,30,31)/t14-,16?,19+/m0/s1. The fourth-order valence-corrected chi connectivity index (χ4v) is 4.41. The largest absolute Gasteiger partial charge is 0.481 e. The molecule has 1 aromatic carbocycles. The lowest BCUT2D eigenvalue weighted by Gasteiger charge is -2.43. The average Bonchev–Trinajstić information content (AvgIpc) is 2.68. The Balaban J connectivity index is 1.79. The van der Waals surface area contributed by atoms with Gasteiger partial charge in [-0.3, -0.25) is 9.69 Å². The zero-order valence-electron chi connectivity index (χ0n) is 16.6. The van der Waals surface area contributed by atoms with Crippen LogP contribution in [0.2, 0.25) is 0 Å². The maximum absolute atomic E-state index is 13.0. The maximum Gasteiger partial charge on any atom is 0.416 e. The Morgan fingerprint density at radius 2 is 1.87 bits per heavy atom. The number of nitrogens with zero attached hydrogens (tertiary/aromatic N) is 1. The number of rotatable bonds is 5. The van der Waals surface area contributed by atoms with Crippen molar-refractivity contribution in [3.05, 3.63) is 59.2 Å². The van der Waals surface area contributed by atoms with Crippen molar-refractivity contribution in [3.63, 3.8) is 0 Å². The summed E-state index contributed by atoms with van der Waals surface area (Å²) < 4.78 is 77.9. The molecule has 170 valence electrons. The van der Waals surface area contributed by atoms with E-state index in [2.05, 4.69) is 0 Å². The van der Waals surface area contributed by atoms with Crippen LogP contribution in [0.15, 0.2) is 48.1 Å². The van der Waals surface area contributed by atoms with E-state index in [1.54, 1.807) is 6.07 Å². The van der Waals surface area contributed by atoms with E-state index in [-0.39, 0.29) is 37.3 Å². The third-order valence-electron chi connectivity index (χ3n) is 5.93. The van der Waals surface area contributed by atoms with E-state index in [9.17, 15) is 31.1 Å². The lowest BCUT2D eigenvalue weighted by molar-refractivity contribution is -0.139. The first kappa shape index (κ1) is 23.4. The number of carboxylic acid groups (broad SMARTS) is 1. The average molecular weight is 447 g/mol. The molecule has 1 heterocycles. The molecule has 1 saturated heterocycles. The third kappa shape index (κ3) is 6.12. The second-order valence-corrected chi connectivity index (χ2v) is 8.14. The van der Waals surface area contributed by atoms with Crippen molar-refractivity contribution in [3.8, 4) is 0 Å². The second-order valence-electron chi connectivity index (χ2n) is 8.14. The van der Waals surface area contributed by atoms with Gasteiger partial charge in [-0.25, -0.2) is 0 Å². The minimum atomic E-state index is -4.46. The number of hydrogen-bond donors (Lipinski definition) is 1. The van der Waals surface area contributed by atoms with Gasteiger partial charge in [0.2, 0.25) is 0 Å². The minimum Gasteiger partial charge on any atom is -0.481 e. The normalized spacial score (nSPS) is 25.4. The molecule has 0 aromatic heterocycles. The SMILES string of the molecule is O=C(O)C[C@H]1CCN(Cc2cccc(C(F)(F)F)c2)[C@@H](C2C=CC(C(F)(F)F)=CC2)C1. The van der Waals surface area contributed by atoms with Crippen molar-refractivity contribution in [1.29, 1.82) is 0 Å². The van der Waals surface area contributed by atoms with Crippen LogP contribution >= 0.6 is 0 Å². The summed E-state index contributed by atoms with van der Waals surface area (Å²) in [5.41, 5.74) is -1.01. The van der Waals surface area contributed by atoms with Crippen LogP contribution in [-0.2, 0) is 17.5 Å². The first-order valence-corrected chi connectivity index (χ1v) is 10.0. The Morgan fingerprint density at radius 1 is 1.13 bits per heavy atom. The van der Waals surface area contributed by atoms with E-state index in [1.165, 1.54) is 12.1 Å². The van der Waals surface area contributed by atoms with Gasteiger partial charge in [0.25, 0.3) is 0 Å². The van der Waals surface area contributed by atoms with E-state index < -0.39 is 29.5 Å². The topological polar surface area (TPSA) is 40.5 Å². The first-order chi connectivity index (χ1) is 14.4. The van der Waals surface area contributed by atoms with Crippen molar-refractivity contribution in [2.45, 2.75) is 50.6 Å². The van der Waals surface area contributed by atoms with E-state index in [1.807, 2.05) is 4.90 Å². The number of allylic oxidation sites excluding steroid dienone is 3. The van der Waals surface area contributed by atoms with Crippen LogP contribution in [0.25, 0.3) is 0 Å². The van der Waals surface area contributed by atoms with Crippen molar-refractivity contribution in [2.24, 2.45) is 11.8 Å². The van der Waals surface area contributed by atoms with Crippen LogP contribution in [-0.4, -0.2) is 34.7 Å². The molecule has 0 saturated carbocycles. The van der Waals surface area contributed by atoms with Crippen LogP contribution < -0.4 is 0 Å². The molecule has 0 radical (unpaired) electrons. The summed E-state index contributed by atoms with van der Waals surface area (Å²) in [7, 11) is 0. The van der Waals surface area contributed by atoms with Gasteiger partial charge in [0.05, 0.1) is 11.1 Å². The molecule has 9 heteroatoms. The van der Waals surface area contributed by atoms with E-state index in [4.69, 9.17) is 5.11 Å². The Kier molecular flexibility index (Phi) is 6.83. The van der Waals surface area contributed by atoms with Gasteiger partial charge in [0, 0.05) is 19.0 Å². The molecule has 0 spiro atoms. The second kappa shape index (κ2) is 9.06. The number of piperidine rings is 1. The summed E-state index contributed by atoms with van der Waals surface area (Å²) in [6.07, 6.45) is -4.08. The highest BCUT2D eigenvalue weighted by Gasteiger charge is 2.38. The van der Waals surface area contributed by atoms with Crippen LogP contribution in [0.1, 0.15) is 36.8 Å². The Hall–Kier alpha value is -2.29. The number of likely N-dealkylation sites (tertiary alicyclic amines) is 1. The number of carbonyl (C=O) groups is 1. The zero-order valence-corrected chi connectivity index (χ0v) is 16.6. The van der Waals surface area contributed by atoms with E-state index >= 15 is 0 Å². The monoisotopic (exact) mass is 447 g/mol. The fraction of sp³-hybridized carbons (Fsp3) is 0.500. The predicted molar refractivity (Wildman–Crippen MR) is 102 cm³/mol. The van der Waals surface area contributed by atoms with Gasteiger partial charge in [-0.1, -0.05) is 36.4 Å². The highest BCUT2D eigenvalue weighted by Crippen LogP contribution is 2.38. The lowest BCUT2D eigenvalue weighted by Crippen LogP contribution is -2.46. The number of aliphatic carboxylic acids is 1. The molecular weight excluding hydrogens is 424 g/mol. The van der Waals surface area contributed by atoms with Crippen LogP contribution in [0.5, 0.6) is 0 Å². The number of halogens is 6. The summed E-state index contributed by atoms with van der Waals surface area (Å²) in [4.78, 5) is 13.1. The molecule has 1 aliphatic heterocycles. The van der Waals surface area contributed by atoms with Gasteiger partial charge >= 0.3 is 18.3 Å². The summed E-state index contributed by atoms with van der Waals surface area (Å²) >= 11 is 0. The molecule has 1 N–H and O–H groups in total. The molecule has 3 nitrogen and oxygen atoms in total. The first-order valence-electron chi connectivity index (χ1n) is 10.0. The summed E-state index contributed by atoms with van der Waals surface area (Å²) in [6, 6.07) is 4.75. The maximum atomic E-state index is 13.0. The summed E-state index contributed by atoms with van der Waals surface area (Å²) in [6.45, 7) is 0.688. The van der Waals surface area contributed by atoms with Crippen molar-refractivity contribution in [1.82, 2.24) is 4.90 Å². The molecule has 31 heavy (non-hydrogen) atoms. The smallest absolute Gasteiger partial charge is 0.416 e. The van der Waals surface area contributed by atoms with Gasteiger partial charge < -0.3 is 5.11 Å². The predicted octanol–water partition coefficient (Wildman–Crippen LogP) is 5.83. The van der Waals surface area contributed by atoms with Gasteiger partial charge in [-0.2, -0.15) is 26.3 Å². The Morgan fingerprint density at radius 3 is 2.45 bits per heavy atom. The molecule has 3 rings (SSSR count). The summed E-state index contributed by atoms with van der Waals surface area (Å²) in [5.74, 6) is -1.33. The van der Waals surface area contributed by atoms with Crippen LogP contribution in [0.4, 0.5) is 26.3 Å². The Bertz CT molecular complexity index is 858. The Labute approximate surface area is 176 Å². The number of hydrogen-bond acceptors (Lipinski definition) is 2. The van der Waals surface area contributed by atoms with E-state index in [0.29, 0.717) is 24.9 Å². The zero-order chi connectivity index (χ0) is 22.8. The van der Waals surface area contributed by atoms with Gasteiger partial charge in [0.15, 0.2) is 0 Å². The molecular formula is C22H23F6NO2. The molecule has 2 aliphatic rings. The molecule has 1 fully saturated rings. The third-order valence-corrected chi connectivity index (χ3v) is 5.93. The summed E-state index contributed by atoms with van der Waals surface area (Å²) in [5, 5.41) is 9.13. The van der Waals surface area contributed by atoms with E-state index in [0.717, 1.165) is 24.3 Å². The number of benzene rings is 1. The molecule has 3 atom stereocenters. The molecule has 1 aromatic rings.